The van der Waals surface area contributed by atoms with Gasteiger partial charge in [0.1, 0.15) is 24.7 Å². The Balaban J connectivity index is 1.56. The first-order valence-electron chi connectivity index (χ1n) is 12.0. The van der Waals surface area contributed by atoms with E-state index < -0.39 is 0 Å². The topological polar surface area (TPSA) is 49.9 Å². The molecule has 1 aliphatic heterocycles. The van der Waals surface area contributed by atoms with Gasteiger partial charge in [-0.05, 0) is 67.5 Å². The average Bonchev–Trinajstić information content (AvgIpc) is 3.34. The number of rotatable bonds is 8. The smallest absolute Gasteiger partial charge is 0.254 e. The van der Waals surface area contributed by atoms with Gasteiger partial charge in [0.2, 0.25) is 5.91 Å². The molecule has 0 saturated carbocycles. The highest BCUT2D eigenvalue weighted by molar-refractivity contribution is 7.10. The van der Waals surface area contributed by atoms with Crippen LogP contribution in [0.4, 0.5) is 4.39 Å². The Kier molecular flexibility index (Phi) is 7.86. The summed E-state index contributed by atoms with van der Waals surface area (Å²) in [5.74, 6) is -0.187. The van der Waals surface area contributed by atoms with E-state index in [0.29, 0.717) is 17.9 Å². The fourth-order valence-electron chi connectivity index (χ4n) is 4.46. The van der Waals surface area contributed by atoms with E-state index in [1.807, 2.05) is 61.4 Å². The molecule has 0 aliphatic carbocycles. The minimum atomic E-state index is -0.366. The molecule has 0 saturated heterocycles. The first kappa shape index (κ1) is 24.9. The fraction of sp³-hybridized carbons (Fsp3) is 0.357. The molecule has 0 fully saturated rings. The molecular formula is C28H31FN2O3S. The third-order valence-electron chi connectivity index (χ3n) is 6.68. The first-order valence-corrected chi connectivity index (χ1v) is 12.9. The van der Waals surface area contributed by atoms with Gasteiger partial charge < -0.3 is 14.5 Å². The number of benzene rings is 2. The normalized spacial score (nSPS) is 15.9. The lowest BCUT2D eigenvalue weighted by Gasteiger charge is -2.38. The molecule has 0 N–H and O–H groups in total. The lowest BCUT2D eigenvalue weighted by molar-refractivity contribution is -0.136. The monoisotopic (exact) mass is 494 g/mol. The molecule has 0 radical (unpaired) electrons. The molecule has 35 heavy (non-hydrogen) atoms. The number of nitrogens with zero attached hydrogens (tertiary/aromatic N) is 2. The lowest BCUT2D eigenvalue weighted by atomic mass is 10.00. The van der Waals surface area contributed by atoms with Gasteiger partial charge in [-0.25, -0.2) is 4.39 Å². The van der Waals surface area contributed by atoms with Crippen LogP contribution in [-0.4, -0.2) is 47.4 Å². The molecule has 4 rings (SSSR count). The van der Waals surface area contributed by atoms with Crippen molar-refractivity contribution in [2.75, 3.05) is 19.7 Å². The van der Waals surface area contributed by atoms with Crippen molar-refractivity contribution in [1.82, 2.24) is 9.80 Å². The summed E-state index contributed by atoms with van der Waals surface area (Å²) in [5.41, 5.74) is 2.57. The van der Waals surface area contributed by atoms with Gasteiger partial charge in [0.05, 0.1) is 6.04 Å². The molecule has 0 bridgehead atoms. The third-order valence-corrected chi connectivity index (χ3v) is 7.68. The summed E-state index contributed by atoms with van der Waals surface area (Å²) < 4.78 is 19.6. The van der Waals surface area contributed by atoms with Gasteiger partial charge in [0.15, 0.2) is 0 Å². The molecule has 2 unspecified atom stereocenters. The Morgan fingerprint density at radius 1 is 1.20 bits per heavy atom. The molecule has 2 atom stereocenters. The SMILES string of the molecule is CCC(C)N(CC(=O)N1CCc2sccc2C1COc1cccc(F)c1)C(=O)c1ccccc1C. The maximum atomic E-state index is 13.7. The molecule has 2 heterocycles. The van der Waals surface area contributed by atoms with Crippen molar-refractivity contribution in [3.05, 3.63) is 87.4 Å². The van der Waals surface area contributed by atoms with Gasteiger partial charge in [0.25, 0.3) is 5.91 Å². The average molecular weight is 495 g/mol. The summed E-state index contributed by atoms with van der Waals surface area (Å²) in [5, 5.41) is 2.03. The molecule has 7 heteroatoms. The molecule has 5 nitrogen and oxygen atoms in total. The maximum absolute atomic E-state index is 13.7. The van der Waals surface area contributed by atoms with Gasteiger partial charge in [0, 0.05) is 29.1 Å². The summed E-state index contributed by atoms with van der Waals surface area (Å²) >= 11 is 1.68. The number of carbonyl (C=O) groups is 2. The predicted molar refractivity (Wildman–Crippen MR) is 136 cm³/mol. The largest absolute Gasteiger partial charge is 0.491 e. The molecule has 1 aliphatic rings. The Morgan fingerprint density at radius 3 is 2.74 bits per heavy atom. The van der Waals surface area contributed by atoms with Crippen molar-refractivity contribution in [2.24, 2.45) is 0 Å². The van der Waals surface area contributed by atoms with E-state index in [-0.39, 0.29) is 42.9 Å². The Bertz CT molecular complexity index is 1190. The second kappa shape index (κ2) is 11.0. The number of carbonyl (C=O) groups excluding carboxylic acids is 2. The molecule has 1 aromatic heterocycles. The van der Waals surface area contributed by atoms with Crippen LogP contribution in [0.1, 0.15) is 52.7 Å². The van der Waals surface area contributed by atoms with Gasteiger partial charge in [-0.1, -0.05) is 31.2 Å². The van der Waals surface area contributed by atoms with Gasteiger partial charge >= 0.3 is 0 Å². The highest BCUT2D eigenvalue weighted by atomic mass is 32.1. The minimum Gasteiger partial charge on any atom is -0.491 e. The zero-order valence-corrected chi connectivity index (χ0v) is 21.2. The van der Waals surface area contributed by atoms with E-state index in [1.54, 1.807) is 28.4 Å². The van der Waals surface area contributed by atoms with Crippen molar-refractivity contribution in [1.29, 1.82) is 0 Å². The van der Waals surface area contributed by atoms with Crippen LogP contribution in [0.15, 0.2) is 60.0 Å². The first-order chi connectivity index (χ1) is 16.9. The second-order valence-electron chi connectivity index (χ2n) is 8.93. The lowest BCUT2D eigenvalue weighted by Crippen LogP contribution is -2.50. The Morgan fingerprint density at radius 2 is 2.00 bits per heavy atom. The number of hydrogen-bond acceptors (Lipinski definition) is 4. The number of halogens is 1. The molecule has 2 amide bonds. The van der Waals surface area contributed by atoms with Gasteiger partial charge in [-0.2, -0.15) is 0 Å². The fourth-order valence-corrected chi connectivity index (χ4v) is 5.39. The summed E-state index contributed by atoms with van der Waals surface area (Å²) in [6.07, 6.45) is 1.51. The van der Waals surface area contributed by atoms with Crippen LogP contribution in [0.5, 0.6) is 5.75 Å². The molecule has 3 aromatic rings. The third kappa shape index (κ3) is 5.56. The van der Waals surface area contributed by atoms with Crippen molar-refractivity contribution in [2.45, 2.75) is 45.7 Å². The van der Waals surface area contributed by atoms with Crippen molar-refractivity contribution < 1.29 is 18.7 Å². The zero-order chi connectivity index (χ0) is 24.9. The van der Waals surface area contributed by atoms with E-state index in [9.17, 15) is 14.0 Å². The van der Waals surface area contributed by atoms with Crippen LogP contribution in [0.3, 0.4) is 0 Å². The van der Waals surface area contributed by atoms with E-state index in [0.717, 1.165) is 24.0 Å². The molecule has 184 valence electrons. The predicted octanol–water partition coefficient (Wildman–Crippen LogP) is 5.64. The number of aryl methyl sites for hydroxylation is 1. The molecule has 2 aromatic carbocycles. The van der Waals surface area contributed by atoms with Gasteiger partial charge in [-0.15, -0.1) is 11.3 Å². The zero-order valence-electron chi connectivity index (χ0n) is 20.4. The molecular weight excluding hydrogens is 463 g/mol. The summed E-state index contributed by atoms with van der Waals surface area (Å²) in [4.78, 5) is 31.9. The van der Waals surface area contributed by atoms with Crippen LogP contribution in [-0.2, 0) is 11.2 Å². The van der Waals surface area contributed by atoms with Crippen LogP contribution in [0.2, 0.25) is 0 Å². The number of fused-ring (bicyclic) bond motifs is 1. The van der Waals surface area contributed by atoms with Crippen LogP contribution >= 0.6 is 11.3 Å². The maximum Gasteiger partial charge on any atom is 0.254 e. The summed E-state index contributed by atoms with van der Waals surface area (Å²) in [6.45, 7) is 6.66. The number of ether oxygens (including phenoxy) is 1. The summed E-state index contributed by atoms with van der Waals surface area (Å²) in [7, 11) is 0. The van der Waals surface area contributed by atoms with Crippen molar-refractivity contribution in [3.63, 3.8) is 0 Å². The highest BCUT2D eigenvalue weighted by Gasteiger charge is 2.34. The Labute approximate surface area is 210 Å². The van der Waals surface area contributed by atoms with Crippen molar-refractivity contribution in [3.8, 4) is 5.75 Å². The van der Waals surface area contributed by atoms with Crippen LogP contribution in [0, 0.1) is 12.7 Å². The Hall–Kier alpha value is -3.19. The van der Waals surface area contributed by atoms with E-state index >= 15 is 0 Å². The number of hydrogen-bond donors (Lipinski definition) is 0. The standard InChI is InChI=1S/C28H31FN2O3S/c1-4-20(3)31(28(33)23-11-6-5-8-19(23)2)17-27(32)30-14-12-26-24(13-15-35-26)25(30)18-34-22-10-7-9-21(29)16-22/h5-11,13,15-16,20,25H,4,12,14,17-18H2,1-3H3. The second-order valence-corrected chi connectivity index (χ2v) is 9.93. The molecule has 0 spiro atoms. The summed E-state index contributed by atoms with van der Waals surface area (Å²) in [6, 6.07) is 15.1. The number of amides is 2. The van der Waals surface area contributed by atoms with E-state index in [4.69, 9.17) is 4.74 Å². The van der Waals surface area contributed by atoms with Crippen LogP contribution < -0.4 is 4.74 Å². The van der Waals surface area contributed by atoms with E-state index in [1.165, 1.54) is 17.0 Å². The highest BCUT2D eigenvalue weighted by Crippen LogP contribution is 2.34. The minimum absolute atomic E-state index is 0.00188. The van der Waals surface area contributed by atoms with Crippen LogP contribution in [0.25, 0.3) is 0 Å². The quantitative estimate of drug-likeness (QED) is 0.407. The van der Waals surface area contributed by atoms with E-state index in [2.05, 4.69) is 0 Å². The number of thiophene rings is 1. The van der Waals surface area contributed by atoms with Crippen molar-refractivity contribution >= 4 is 23.2 Å². The van der Waals surface area contributed by atoms with Gasteiger partial charge in [-0.3, -0.25) is 9.59 Å².